The number of halogens is 5. The van der Waals surface area contributed by atoms with Gasteiger partial charge in [-0.25, -0.2) is 4.98 Å². The molecule has 0 aliphatic rings. The van der Waals surface area contributed by atoms with E-state index in [2.05, 4.69) is 4.98 Å². The fourth-order valence-electron chi connectivity index (χ4n) is 0.768. The first-order chi connectivity index (χ1) is 6.36. The van der Waals surface area contributed by atoms with Crippen LogP contribution in [0.25, 0.3) is 0 Å². The predicted octanol–water partition coefficient (Wildman–Crippen LogP) is 3.28. The van der Waals surface area contributed by atoms with E-state index < -0.39 is 22.6 Å². The van der Waals surface area contributed by atoms with Gasteiger partial charge in [-0.15, -0.1) is 0 Å². The molecule has 2 nitrogen and oxygen atoms in total. The van der Waals surface area contributed by atoms with Gasteiger partial charge in [0.25, 0.3) is 0 Å². The number of pyridine rings is 1. The van der Waals surface area contributed by atoms with Crippen LogP contribution in [-0.4, -0.2) is 4.98 Å². The Labute approximate surface area is 86.9 Å². The molecule has 0 spiro atoms. The van der Waals surface area contributed by atoms with E-state index in [1.165, 1.54) is 6.07 Å². The number of rotatable bonds is 0. The normalized spacial score (nSPS) is 11.1. The summed E-state index contributed by atoms with van der Waals surface area (Å²) in [6, 6.07) is 2.18. The molecule has 0 aromatic carbocycles. The molecular formula is C7HCl2F3N2. The van der Waals surface area contributed by atoms with Crippen LogP contribution in [-0.2, 0) is 6.18 Å². The highest BCUT2D eigenvalue weighted by atomic mass is 35.5. The molecule has 0 N–H and O–H groups in total. The molecular weight excluding hydrogens is 240 g/mol. The maximum Gasteiger partial charge on any atom is 0.434 e. The summed E-state index contributed by atoms with van der Waals surface area (Å²) in [6.07, 6.45) is -4.71. The Morgan fingerprint density at radius 2 is 1.93 bits per heavy atom. The number of hydrogen-bond acceptors (Lipinski definition) is 2. The van der Waals surface area contributed by atoms with Crippen LogP contribution in [0.3, 0.4) is 0 Å². The molecule has 14 heavy (non-hydrogen) atoms. The Balaban J connectivity index is 3.45. The number of aromatic nitrogens is 1. The van der Waals surface area contributed by atoms with Gasteiger partial charge >= 0.3 is 6.18 Å². The lowest BCUT2D eigenvalue weighted by atomic mass is 10.2. The van der Waals surface area contributed by atoms with Gasteiger partial charge in [-0.05, 0) is 6.07 Å². The molecule has 0 radical (unpaired) electrons. The third-order valence-electron chi connectivity index (χ3n) is 1.32. The van der Waals surface area contributed by atoms with Crippen molar-refractivity contribution in [3.8, 4) is 6.07 Å². The van der Waals surface area contributed by atoms with Crippen molar-refractivity contribution in [1.82, 2.24) is 4.98 Å². The van der Waals surface area contributed by atoms with E-state index in [-0.39, 0.29) is 5.02 Å². The SMILES string of the molecule is N#Cc1cc(Cl)c(Cl)nc1C(F)(F)F. The van der Waals surface area contributed by atoms with Gasteiger partial charge in [-0.1, -0.05) is 23.2 Å². The van der Waals surface area contributed by atoms with Gasteiger partial charge in [0.05, 0.1) is 10.6 Å². The highest BCUT2D eigenvalue weighted by Crippen LogP contribution is 2.33. The van der Waals surface area contributed by atoms with Gasteiger partial charge < -0.3 is 0 Å². The lowest BCUT2D eigenvalue weighted by Crippen LogP contribution is -2.11. The fourth-order valence-corrected chi connectivity index (χ4v) is 1.06. The minimum atomic E-state index is -4.71. The molecule has 0 fully saturated rings. The molecule has 0 unspecified atom stereocenters. The third kappa shape index (κ3) is 2.08. The zero-order chi connectivity index (χ0) is 10.9. The van der Waals surface area contributed by atoms with Crippen LogP contribution in [0, 0.1) is 11.3 Å². The minimum absolute atomic E-state index is 0.184. The van der Waals surface area contributed by atoms with Crippen LogP contribution in [0.2, 0.25) is 10.2 Å². The first-order valence-electron chi connectivity index (χ1n) is 3.19. The Hall–Kier alpha value is -0.990. The lowest BCUT2D eigenvalue weighted by Gasteiger charge is -2.07. The largest absolute Gasteiger partial charge is 0.434 e. The molecule has 7 heteroatoms. The Morgan fingerprint density at radius 3 is 2.36 bits per heavy atom. The lowest BCUT2D eigenvalue weighted by molar-refractivity contribution is -0.141. The fraction of sp³-hybridized carbons (Fsp3) is 0.143. The maximum atomic E-state index is 12.2. The van der Waals surface area contributed by atoms with Crippen LogP contribution in [0.4, 0.5) is 13.2 Å². The molecule has 0 aliphatic carbocycles. The van der Waals surface area contributed by atoms with E-state index in [4.69, 9.17) is 28.5 Å². The van der Waals surface area contributed by atoms with Crippen molar-refractivity contribution < 1.29 is 13.2 Å². The van der Waals surface area contributed by atoms with Gasteiger partial charge in [-0.3, -0.25) is 0 Å². The van der Waals surface area contributed by atoms with Crippen molar-refractivity contribution in [3.05, 3.63) is 27.5 Å². The number of hydrogen-bond donors (Lipinski definition) is 0. The second-order valence-corrected chi connectivity index (χ2v) is 3.03. The summed E-state index contributed by atoms with van der Waals surface area (Å²) in [6.45, 7) is 0. The predicted molar refractivity (Wildman–Crippen MR) is 44.0 cm³/mol. The zero-order valence-corrected chi connectivity index (χ0v) is 7.87. The van der Waals surface area contributed by atoms with E-state index in [0.717, 1.165) is 6.07 Å². The van der Waals surface area contributed by atoms with Crippen molar-refractivity contribution in [1.29, 1.82) is 5.26 Å². The third-order valence-corrected chi connectivity index (χ3v) is 2.00. The first-order valence-corrected chi connectivity index (χ1v) is 3.95. The van der Waals surface area contributed by atoms with Crippen molar-refractivity contribution in [3.63, 3.8) is 0 Å². The highest BCUT2D eigenvalue weighted by Gasteiger charge is 2.36. The van der Waals surface area contributed by atoms with Gasteiger partial charge in [0.1, 0.15) is 11.2 Å². The summed E-state index contributed by atoms with van der Waals surface area (Å²) in [5.41, 5.74) is -1.97. The summed E-state index contributed by atoms with van der Waals surface area (Å²) in [7, 11) is 0. The average Bonchev–Trinajstić information content (AvgIpc) is 2.07. The Morgan fingerprint density at radius 1 is 1.36 bits per heavy atom. The molecule has 0 atom stereocenters. The average molecular weight is 241 g/mol. The molecule has 0 aliphatic heterocycles. The smallest absolute Gasteiger partial charge is 0.229 e. The molecule has 0 amide bonds. The van der Waals surface area contributed by atoms with Crippen LogP contribution in [0.15, 0.2) is 6.07 Å². The van der Waals surface area contributed by atoms with Crippen LogP contribution < -0.4 is 0 Å². The second-order valence-electron chi connectivity index (χ2n) is 2.27. The van der Waals surface area contributed by atoms with Gasteiger partial charge in [-0.2, -0.15) is 18.4 Å². The molecule has 0 saturated carbocycles. The van der Waals surface area contributed by atoms with Crippen LogP contribution in [0.5, 0.6) is 0 Å². The minimum Gasteiger partial charge on any atom is -0.229 e. The van der Waals surface area contributed by atoms with Gasteiger partial charge in [0.2, 0.25) is 0 Å². The van der Waals surface area contributed by atoms with Crippen LogP contribution in [0.1, 0.15) is 11.3 Å². The first kappa shape index (κ1) is 11.1. The molecule has 1 heterocycles. The molecule has 74 valence electrons. The summed E-state index contributed by atoms with van der Waals surface area (Å²) in [5.74, 6) is 0. The second kappa shape index (κ2) is 3.64. The summed E-state index contributed by atoms with van der Waals surface area (Å²) >= 11 is 10.7. The van der Waals surface area contributed by atoms with E-state index >= 15 is 0 Å². The van der Waals surface area contributed by atoms with Crippen molar-refractivity contribution >= 4 is 23.2 Å². The standard InChI is InChI=1S/C7HCl2F3N2/c8-4-1-3(2-13)5(7(10,11)12)14-6(4)9/h1H. The van der Waals surface area contributed by atoms with Crippen molar-refractivity contribution in [2.45, 2.75) is 6.18 Å². The van der Waals surface area contributed by atoms with E-state index in [0.29, 0.717) is 0 Å². The monoisotopic (exact) mass is 240 g/mol. The Kier molecular flexibility index (Phi) is 2.88. The zero-order valence-electron chi connectivity index (χ0n) is 6.36. The summed E-state index contributed by atoms with van der Waals surface area (Å²) in [4.78, 5) is 3.00. The van der Waals surface area contributed by atoms with Crippen molar-refractivity contribution in [2.75, 3.05) is 0 Å². The van der Waals surface area contributed by atoms with Crippen molar-refractivity contribution in [2.24, 2.45) is 0 Å². The highest BCUT2D eigenvalue weighted by molar-refractivity contribution is 6.41. The van der Waals surface area contributed by atoms with E-state index in [9.17, 15) is 13.2 Å². The molecule has 0 saturated heterocycles. The molecule has 1 aromatic heterocycles. The quantitative estimate of drug-likeness (QED) is 0.653. The topological polar surface area (TPSA) is 36.7 Å². The number of nitriles is 1. The van der Waals surface area contributed by atoms with Gasteiger partial charge in [0, 0.05) is 0 Å². The van der Waals surface area contributed by atoms with E-state index in [1.807, 2.05) is 0 Å². The van der Waals surface area contributed by atoms with Gasteiger partial charge in [0.15, 0.2) is 5.69 Å². The molecule has 0 bridgehead atoms. The maximum absolute atomic E-state index is 12.2. The summed E-state index contributed by atoms with van der Waals surface area (Å²) in [5, 5.41) is 7.75. The number of alkyl halides is 3. The Bertz CT molecular complexity index is 409. The van der Waals surface area contributed by atoms with Crippen LogP contribution >= 0.6 is 23.2 Å². The molecule has 1 rings (SSSR count). The summed E-state index contributed by atoms with van der Waals surface area (Å²) < 4.78 is 36.7. The van der Waals surface area contributed by atoms with E-state index in [1.54, 1.807) is 0 Å². The number of nitrogens with zero attached hydrogens (tertiary/aromatic N) is 2. The molecule has 1 aromatic rings.